The summed E-state index contributed by atoms with van der Waals surface area (Å²) < 4.78 is 10.0. The van der Waals surface area contributed by atoms with Gasteiger partial charge in [0.2, 0.25) is 6.29 Å². The molecule has 0 heterocycles. The average molecular weight is 390 g/mol. The SMILES string of the molecule is COC(=O)c1ccc(-c2cccc(O[C@@H](O)C3(O)C(O)[C@H](O)C3CO)c2)cc1. The van der Waals surface area contributed by atoms with Crippen molar-refractivity contribution in [3.8, 4) is 16.9 Å². The zero-order chi connectivity index (χ0) is 20.5. The highest BCUT2D eigenvalue weighted by atomic mass is 16.6. The third kappa shape index (κ3) is 3.36. The van der Waals surface area contributed by atoms with Crippen LogP contribution in [0.2, 0.25) is 0 Å². The molecular weight excluding hydrogens is 368 g/mol. The van der Waals surface area contributed by atoms with E-state index in [1.165, 1.54) is 7.11 Å². The number of ether oxygens (including phenoxy) is 2. The predicted molar refractivity (Wildman–Crippen MR) is 97.4 cm³/mol. The van der Waals surface area contributed by atoms with E-state index in [1.54, 1.807) is 48.5 Å². The van der Waals surface area contributed by atoms with Crippen molar-refractivity contribution in [2.75, 3.05) is 13.7 Å². The molecule has 8 heteroatoms. The van der Waals surface area contributed by atoms with Crippen LogP contribution in [0.3, 0.4) is 0 Å². The fourth-order valence-electron chi connectivity index (χ4n) is 3.34. The van der Waals surface area contributed by atoms with Gasteiger partial charge < -0.3 is 35.0 Å². The summed E-state index contributed by atoms with van der Waals surface area (Å²) in [5.74, 6) is -1.37. The number of aliphatic hydroxyl groups excluding tert-OH is 4. The largest absolute Gasteiger partial charge is 0.465 e. The molecule has 8 nitrogen and oxygen atoms in total. The number of rotatable bonds is 6. The summed E-state index contributed by atoms with van der Waals surface area (Å²) in [5, 5.41) is 49.4. The quantitative estimate of drug-likeness (QED) is 0.341. The Labute approximate surface area is 161 Å². The van der Waals surface area contributed by atoms with Gasteiger partial charge in [0.05, 0.1) is 25.4 Å². The molecule has 3 rings (SSSR count). The van der Waals surface area contributed by atoms with Gasteiger partial charge in [-0.1, -0.05) is 24.3 Å². The van der Waals surface area contributed by atoms with Gasteiger partial charge in [0.25, 0.3) is 0 Å². The molecule has 0 radical (unpaired) electrons. The molecule has 28 heavy (non-hydrogen) atoms. The van der Waals surface area contributed by atoms with Crippen LogP contribution in [0, 0.1) is 5.92 Å². The van der Waals surface area contributed by atoms with Crippen molar-refractivity contribution in [3.05, 3.63) is 54.1 Å². The zero-order valence-electron chi connectivity index (χ0n) is 15.1. The van der Waals surface area contributed by atoms with Crippen LogP contribution in [-0.4, -0.2) is 69.3 Å². The number of aliphatic hydroxyl groups is 5. The first-order valence-electron chi connectivity index (χ1n) is 8.65. The van der Waals surface area contributed by atoms with Crippen LogP contribution in [0.15, 0.2) is 48.5 Å². The van der Waals surface area contributed by atoms with Crippen LogP contribution in [0.25, 0.3) is 11.1 Å². The summed E-state index contributed by atoms with van der Waals surface area (Å²) >= 11 is 0. The van der Waals surface area contributed by atoms with Crippen LogP contribution < -0.4 is 4.74 Å². The highest BCUT2D eigenvalue weighted by molar-refractivity contribution is 5.90. The topological polar surface area (TPSA) is 137 Å². The van der Waals surface area contributed by atoms with E-state index < -0.39 is 42.6 Å². The first-order valence-corrected chi connectivity index (χ1v) is 8.65. The molecule has 150 valence electrons. The Balaban J connectivity index is 1.77. The van der Waals surface area contributed by atoms with E-state index in [0.717, 1.165) is 11.1 Å². The molecular formula is C20H22O8. The van der Waals surface area contributed by atoms with E-state index in [9.17, 15) is 30.3 Å². The lowest BCUT2D eigenvalue weighted by molar-refractivity contribution is -0.332. The molecule has 0 amide bonds. The van der Waals surface area contributed by atoms with Crippen molar-refractivity contribution in [2.24, 2.45) is 5.92 Å². The van der Waals surface area contributed by atoms with Gasteiger partial charge in [0, 0.05) is 5.92 Å². The number of hydrogen-bond acceptors (Lipinski definition) is 8. The predicted octanol–water partition coefficient (Wildman–Crippen LogP) is -0.0876. The molecule has 1 aliphatic carbocycles. The molecule has 0 aromatic heterocycles. The van der Waals surface area contributed by atoms with Gasteiger partial charge in [-0.25, -0.2) is 4.79 Å². The Morgan fingerprint density at radius 3 is 2.43 bits per heavy atom. The highest BCUT2D eigenvalue weighted by Gasteiger charge is 2.65. The van der Waals surface area contributed by atoms with Gasteiger partial charge in [-0.05, 0) is 35.4 Å². The first kappa shape index (κ1) is 20.2. The van der Waals surface area contributed by atoms with Crippen LogP contribution in [0.1, 0.15) is 10.4 Å². The molecule has 0 aliphatic heterocycles. The second-order valence-electron chi connectivity index (χ2n) is 6.68. The summed E-state index contributed by atoms with van der Waals surface area (Å²) in [5.41, 5.74) is -0.282. The van der Waals surface area contributed by atoms with E-state index in [1.807, 2.05) is 0 Å². The lowest BCUT2D eigenvalue weighted by atomic mass is 9.64. The zero-order valence-corrected chi connectivity index (χ0v) is 15.1. The molecule has 0 bridgehead atoms. The van der Waals surface area contributed by atoms with E-state index in [0.29, 0.717) is 5.56 Å². The summed E-state index contributed by atoms with van der Waals surface area (Å²) in [6.45, 7) is -0.623. The lowest BCUT2D eigenvalue weighted by Crippen LogP contribution is -2.76. The van der Waals surface area contributed by atoms with Crippen molar-refractivity contribution >= 4 is 5.97 Å². The summed E-state index contributed by atoms with van der Waals surface area (Å²) in [7, 11) is 1.30. The second kappa shape index (κ2) is 7.86. The number of esters is 1. The third-order valence-electron chi connectivity index (χ3n) is 5.12. The minimum Gasteiger partial charge on any atom is -0.465 e. The second-order valence-corrected chi connectivity index (χ2v) is 6.68. The molecule has 2 aromatic carbocycles. The maximum absolute atomic E-state index is 11.5. The van der Waals surface area contributed by atoms with Crippen LogP contribution in [-0.2, 0) is 4.74 Å². The summed E-state index contributed by atoms with van der Waals surface area (Å²) in [6.07, 6.45) is -4.86. The van der Waals surface area contributed by atoms with E-state index in [4.69, 9.17) is 4.74 Å². The van der Waals surface area contributed by atoms with Gasteiger partial charge in [-0.15, -0.1) is 0 Å². The number of methoxy groups -OCH3 is 1. The minimum absolute atomic E-state index is 0.209. The van der Waals surface area contributed by atoms with Gasteiger partial charge >= 0.3 is 5.97 Å². The molecule has 5 N–H and O–H groups in total. The van der Waals surface area contributed by atoms with Crippen molar-refractivity contribution in [1.29, 1.82) is 0 Å². The van der Waals surface area contributed by atoms with Crippen molar-refractivity contribution in [2.45, 2.75) is 24.1 Å². The van der Waals surface area contributed by atoms with Crippen molar-refractivity contribution < 1.29 is 39.8 Å². The standard InChI is InChI=1S/C20H22O8/c1-27-18(24)12-7-5-11(6-8-12)13-3-2-4-14(9-13)28-19(25)20(26)15(10-21)16(22)17(20)23/h2-9,15-17,19,21-23,25-26H,10H2,1H3/t15?,16-,17?,19-,20?/m1/s1. The Morgan fingerprint density at radius 2 is 1.82 bits per heavy atom. The molecule has 0 spiro atoms. The van der Waals surface area contributed by atoms with Gasteiger partial charge in [-0.2, -0.15) is 0 Å². The third-order valence-corrected chi connectivity index (χ3v) is 5.12. The van der Waals surface area contributed by atoms with Crippen LogP contribution in [0.5, 0.6) is 5.75 Å². The first-order chi connectivity index (χ1) is 13.3. The Morgan fingerprint density at radius 1 is 1.14 bits per heavy atom. The fourth-order valence-corrected chi connectivity index (χ4v) is 3.34. The van der Waals surface area contributed by atoms with Crippen molar-refractivity contribution in [3.63, 3.8) is 0 Å². The Kier molecular flexibility index (Phi) is 5.69. The van der Waals surface area contributed by atoms with E-state index in [-0.39, 0.29) is 5.75 Å². The molecule has 3 unspecified atom stereocenters. The average Bonchev–Trinajstić information content (AvgIpc) is 2.73. The highest BCUT2D eigenvalue weighted by Crippen LogP contribution is 2.42. The number of hydrogen-bond donors (Lipinski definition) is 5. The molecule has 1 aliphatic rings. The van der Waals surface area contributed by atoms with Gasteiger partial charge in [-0.3, -0.25) is 0 Å². The monoisotopic (exact) mass is 390 g/mol. The smallest absolute Gasteiger partial charge is 0.337 e. The lowest BCUT2D eigenvalue weighted by Gasteiger charge is -2.53. The normalized spacial score (nSPS) is 27.6. The fraction of sp³-hybridized carbons (Fsp3) is 0.350. The number of carbonyl (C=O) groups excluding carboxylic acids is 1. The minimum atomic E-state index is -2.19. The molecule has 5 atom stereocenters. The summed E-state index contributed by atoms with van der Waals surface area (Å²) in [6, 6.07) is 13.3. The van der Waals surface area contributed by atoms with Crippen molar-refractivity contribution in [1.82, 2.24) is 0 Å². The van der Waals surface area contributed by atoms with Gasteiger partial charge in [0.1, 0.15) is 11.9 Å². The Bertz CT molecular complexity index is 836. The molecule has 1 fully saturated rings. The number of benzene rings is 2. The van der Waals surface area contributed by atoms with E-state index >= 15 is 0 Å². The van der Waals surface area contributed by atoms with Gasteiger partial charge in [0.15, 0.2) is 5.60 Å². The van der Waals surface area contributed by atoms with Crippen LogP contribution in [0.4, 0.5) is 0 Å². The molecule has 1 saturated carbocycles. The van der Waals surface area contributed by atoms with E-state index in [2.05, 4.69) is 4.74 Å². The van der Waals surface area contributed by atoms with Crippen LogP contribution >= 0.6 is 0 Å². The number of carbonyl (C=O) groups is 1. The molecule has 2 aromatic rings. The maximum atomic E-state index is 11.5. The Hall–Kier alpha value is -2.49. The summed E-state index contributed by atoms with van der Waals surface area (Å²) in [4.78, 5) is 11.5. The maximum Gasteiger partial charge on any atom is 0.337 e. The molecule has 0 saturated heterocycles.